The molecule has 0 radical (unpaired) electrons. The molecule has 0 spiro atoms. The fourth-order valence-corrected chi connectivity index (χ4v) is 3.60. The number of hydrogen-bond donors (Lipinski definition) is 2. The van der Waals surface area contributed by atoms with Crippen LogP contribution in [0.2, 0.25) is 0 Å². The Balaban J connectivity index is 1.37. The van der Waals surface area contributed by atoms with Crippen molar-refractivity contribution in [2.75, 3.05) is 23.3 Å². The Kier molecular flexibility index (Phi) is 5.10. The molecule has 1 aliphatic heterocycles. The van der Waals surface area contributed by atoms with Crippen LogP contribution in [0.3, 0.4) is 0 Å². The number of anilines is 2. The van der Waals surface area contributed by atoms with Gasteiger partial charge in [0.1, 0.15) is 5.82 Å². The molecular weight excluding hydrogens is 354 g/mol. The lowest BCUT2D eigenvalue weighted by molar-refractivity contribution is 0.251. The first-order chi connectivity index (χ1) is 13.6. The zero-order valence-corrected chi connectivity index (χ0v) is 16.3. The molecule has 28 heavy (non-hydrogen) atoms. The highest BCUT2D eigenvalue weighted by Gasteiger charge is 2.13. The Morgan fingerprint density at radius 1 is 1.18 bits per heavy atom. The number of aryl methyl sites for hydroxylation is 2. The lowest BCUT2D eigenvalue weighted by Crippen LogP contribution is -2.31. The van der Waals surface area contributed by atoms with E-state index in [0.29, 0.717) is 12.2 Å². The van der Waals surface area contributed by atoms with Gasteiger partial charge in [-0.15, -0.1) is 0 Å². The van der Waals surface area contributed by atoms with Crippen molar-refractivity contribution in [2.24, 2.45) is 7.05 Å². The molecule has 0 atom stereocenters. The first kappa shape index (κ1) is 18.2. The molecule has 8 nitrogen and oxygen atoms in total. The Labute approximate surface area is 164 Å². The predicted octanol–water partition coefficient (Wildman–Crippen LogP) is 2.98. The molecule has 0 bridgehead atoms. The minimum Gasteiger partial charge on any atom is -0.357 e. The second kappa shape index (κ2) is 7.84. The third-order valence-electron chi connectivity index (χ3n) is 5.06. The summed E-state index contributed by atoms with van der Waals surface area (Å²) >= 11 is 0. The molecule has 8 heteroatoms. The number of aromatic nitrogens is 4. The molecule has 4 rings (SSSR count). The van der Waals surface area contributed by atoms with E-state index in [1.54, 1.807) is 10.9 Å². The zero-order chi connectivity index (χ0) is 19.5. The third kappa shape index (κ3) is 3.90. The zero-order valence-electron chi connectivity index (χ0n) is 16.3. The average molecular weight is 379 g/mol. The van der Waals surface area contributed by atoms with E-state index in [2.05, 4.69) is 36.7 Å². The predicted molar refractivity (Wildman–Crippen MR) is 109 cm³/mol. The molecule has 3 aromatic rings. The van der Waals surface area contributed by atoms with Gasteiger partial charge in [-0.05, 0) is 49.9 Å². The van der Waals surface area contributed by atoms with Crippen LogP contribution in [0.5, 0.6) is 0 Å². The summed E-state index contributed by atoms with van der Waals surface area (Å²) in [5.41, 5.74) is 3.36. The summed E-state index contributed by atoms with van der Waals surface area (Å²) in [6.45, 7) is 4.47. The van der Waals surface area contributed by atoms with Crippen LogP contribution in [0, 0.1) is 6.92 Å². The molecule has 4 heterocycles. The van der Waals surface area contributed by atoms with Gasteiger partial charge in [-0.2, -0.15) is 5.10 Å². The van der Waals surface area contributed by atoms with E-state index in [0.717, 1.165) is 41.2 Å². The monoisotopic (exact) mass is 379 g/mol. The van der Waals surface area contributed by atoms with Crippen LogP contribution in [0.25, 0.3) is 11.0 Å². The standard InChI is InChI=1S/C20H25N7O/c1-14-17-11-16(13-22-19(17)26(2)25-14)24-20(28)23-12-15-6-7-21-18(10-15)27-8-4-3-5-9-27/h6-7,10-11,13H,3-5,8-9,12H2,1-2H3,(H2,23,24,28). The van der Waals surface area contributed by atoms with Crippen LogP contribution in [0.1, 0.15) is 30.5 Å². The number of fused-ring (bicyclic) bond motifs is 1. The number of pyridine rings is 2. The van der Waals surface area contributed by atoms with E-state index in [1.807, 2.05) is 32.3 Å². The van der Waals surface area contributed by atoms with Crippen LogP contribution < -0.4 is 15.5 Å². The molecular formula is C20H25N7O. The van der Waals surface area contributed by atoms with Crippen molar-refractivity contribution in [3.8, 4) is 0 Å². The van der Waals surface area contributed by atoms with Crippen molar-refractivity contribution in [1.82, 2.24) is 25.1 Å². The molecule has 0 aromatic carbocycles. The molecule has 146 valence electrons. The van der Waals surface area contributed by atoms with Crippen LogP contribution in [-0.4, -0.2) is 38.9 Å². The number of amides is 2. The van der Waals surface area contributed by atoms with Crippen molar-refractivity contribution in [3.05, 3.63) is 41.9 Å². The molecule has 2 amide bonds. The van der Waals surface area contributed by atoms with E-state index in [9.17, 15) is 4.79 Å². The summed E-state index contributed by atoms with van der Waals surface area (Å²) in [5.74, 6) is 0.987. The highest BCUT2D eigenvalue weighted by Crippen LogP contribution is 2.20. The van der Waals surface area contributed by atoms with Gasteiger partial charge < -0.3 is 15.5 Å². The molecule has 0 aliphatic carbocycles. The summed E-state index contributed by atoms with van der Waals surface area (Å²) in [6, 6.07) is 5.61. The number of nitrogens with one attached hydrogen (secondary N) is 2. The van der Waals surface area contributed by atoms with Gasteiger partial charge in [0.2, 0.25) is 0 Å². The Bertz CT molecular complexity index is 991. The van der Waals surface area contributed by atoms with Gasteiger partial charge in [0, 0.05) is 38.3 Å². The second-order valence-electron chi connectivity index (χ2n) is 7.18. The van der Waals surface area contributed by atoms with E-state index in [4.69, 9.17) is 0 Å². The van der Waals surface area contributed by atoms with Gasteiger partial charge in [-0.25, -0.2) is 14.8 Å². The second-order valence-corrected chi connectivity index (χ2v) is 7.18. The van der Waals surface area contributed by atoms with Crippen LogP contribution in [-0.2, 0) is 13.6 Å². The lowest BCUT2D eigenvalue weighted by Gasteiger charge is -2.27. The number of hydrogen-bond acceptors (Lipinski definition) is 5. The maximum atomic E-state index is 12.3. The average Bonchev–Trinajstić information content (AvgIpc) is 3.00. The molecule has 1 aliphatic rings. The first-order valence-corrected chi connectivity index (χ1v) is 9.64. The van der Waals surface area contributed by atoms with E-state index in [1.165, 1.54) is 19.3 Å². The molecule has 0 unspecified atom stereocenters. The van der Waals surface area contributed by atoms with Gasteiger partial charge in [-0.3, -0.25) is 4.68 Å². The molecule has 2 N–H and O–H groups in total. The minimum atomic E-state index is -0.265. The van der Waals surface area contributed by atoms with Crippen LogP contribution >= 0.6 is 0 Å². The lowest BCUT2D eigenvalue weighted by atomic mass is 10.1. The SMILES string of the molecule is Cc1nn(C)c2ncc(NC(=O)NCc3ccnc(N4CCCCC4)c3)cc12. The summed E-state index contributed by atoms with van der Waals surface area (Å²) in [5, 5.41) is 11.0. The van der Waals surface area contributed by atoms with Gasteiger partial charge in [0.05, 0.1) is 17.6 Å². The van der Waals surface area contributed by atoms with E-state index >= 15 is 0 Å². The van der Waals surface area contributed by atoms with Crippen molar-refractivity contribution < 1.29 is 4.79 Å². The number of urea groups is 1. The van der Waals surface area contributed by atoms with E-state index < -0.39 is 0 Å². The van der Waals surface area contributed by atoms with Crippen molar-refractivity contribution in [3.63, 3.8) is 0 Å². The highest BCUT2D eigenvalue weighted by atomic mass is 16.2. The highest BCUT2D eigenvalue weighted by molar-refractivity contribution is 5.92. The number of carbonyl (C=O) groups excluding carboxylic acids is 1. The molecule has 1 saturated heterocycles. The van der Waals surface area contributed by atoms with Gasteiger partial charge in [0.25, 0.3) is 0 Å². The molecule has 3 aromatic heterocycles. The number of piperidine rings is 1. The number of rotatable bonds is 4. The normalized spacial score (nSPS) is 14.3. The number of carbonyl (C=O) groups is 1. The van der Waals surface area contributed by atoms with Crippen LogP contribution in [0.4, 0.5) is 16.3 Å². The quantitative estimate of drug-likeness (QED) is 0.728. The Hall–Kier alpha value is -3.16. The summed E-state index contributed by atoms with van der Waals surface area (Å²) in [4.78, 5) is 23.5. The summed E-state index contributed by atoms with van der Waals surface area (Å²) < 4.78 is 1.73. The van der Waals surface area contributed by atoms with Crippen molar-refractivity contribution >= 4 is 28.6 Å². The van der Waals surface area contributed by atoms with E-state index in [-0.39, 0.29) is 6.03 Å². The molecule has 0 saturated carbocycles. The molecule has 1 fully saturated rings. The maximum Gasteiger partial charge on any atom is 0.319 e. The third-order valence-corrected chi connectivity index (χ3v) is 5.06. The van der Waals surface area contributed by atoms with Gasteiger partial charge in [0.15, 0.2) is 5.65 Å². The first-order valence-electron chi connectivity index (χ1n) is 9.64. The minimum absolute atomic E-state index is 0.265. The van der Waals surface area contributed by atoms with Gasteiger partial charge in [-0.1, -0.05) is 0 Å². The number of nitrogens with zero attached hydrogens (tertiary/aromatic N) is 5. The fourth-order valence-electron chi connectivity index (χ4n) is 3.60. The van der Waals surface area contributed by atoms with Crippen molar-refractivity contribution in [1.29, 1.82) is 0 Å². The smallest absolute Gasteiger partial charge is 0.319 e. The topological polar surface area (TPSA) is 88.0 Å². The van der Waals surface area contributed by atoms with Gasteiger partial charge >= 0.3 is 6.03 Å². The van der Waals surface area contributed by atoms with Crippen LogP contribution in [0.15, 0.2) is 30.6 Å². The maximum absolute atomic E-state index is 12.3. The largest absolute Gasteiger partial charge is 0.357 e. The van der Waals surface area contributed by atoms with Crippen molar-refractivity contribution in [2.45, 2.75) is 32.7 Å². The summed E-state index contributed by atoms with van der Waals surface area (Å²) in [6.07, 6.45) is 7.16. The Morgan fingerprint density at radius 2 is 2.00 bits per heavy atom. The Morgan fingerprint density at radius 3 is 2.82 bits per heavy atom. The summed E-state index contributed by atoms with van der Waals surface area (Å²) in [7, 11) is 1.86. The fraction of sp³-hybridized carbons (Fsp3) is 0.400.